The Labute approximate surface area is 154 Å². The molecule has 6 nitrogen and oxygen atoms in total. The van der Waals surface area contributed by atoms with Crippen molar-refractivity contribution in [3.05, 3.63) is 76.6 Å². The number of nitrogens with one attached hydrogen (secondary N) is 1. The number of para-hydroxylation sites is 1. The van der Waals surface area contributed by atoms with Crippen LogP contribution in [0.2, 0.25) is 0 Å². The number of nitrogens with zero attached hydrogens (tertiary/aromatic N) is 1. The normalized spacial score (nSPS) is 10.9. The first kappa shape index (κ1) is 16.7. The molecule has 0 amide bonds. The van der Waals surface area contributed by atoms with E-state index in [0.29, 0.717) is 28.5 Å². The number of aryl methyl sites for hydroxylation is 1. The number of hydrogen-bond donors (Lipinski definition) is 3. The molecule has 0 radical (unpaired) electrons. The average Bonchev–Trinajstić information content (AvgIpc) is 3.10. The van der Waals surface area contributed by atoms with Gasteiger partial charge in [0.2, 0.25) is 11.2 Å². The third kappa shape index (κ3) is 2.97. The van der Waals surface area contributed by atoms with Gasteiger partial charge in [-0.1, -0.05) is 42.5 Å². The number of phenols is 1. The van der Waals surface area contributed by atoms with E-state index in [1.807, 2.05) is 30.3 Å². The van der Waals surface area contributed by atoms with Crippen LogP contribution >= 0.6 is 0 Å². The minimum absolute atomic E-state index is 0.00743. The molecule has 4 rings (SSSR count). The Morgan fingerprint density at radius 1 is 1.00 bits per heavy atom. The smallest absolute Gasteiger partial charge is 0.227 e. The molecule has 6 heteroatoms. The fourth-order valence-electron chi connectivity index (χ4n) is 2.92. The summed E-state index contributed by atoms with van der Waals surface area (Å²) in [5.41, 5.74) is 1.59. The Morgan fingerprint density at radius 2 is 1.70 bits per heavy atom. The molecule has 4 aromatic rings. The van der Waals surface area contributed by atoms with Crippen LogP contribution in [0.4, 0.5) is 0 Å². The standard InChI is InChI=1S/C21H16N2O4/c1-12-11-16(25)19(26)20(27-12)18-17(13-7-3-2-4-8-13)22-21(23-18)14-9-5-6-10-15(14)24/h2-11,24,26H,1H3,(H,22,23). The largest absolute Gasteiger partial charge is 0.507 e. The van der Waals surface area contributed by atoms with Crippen LogP contribution in [-0.4, -0.2) is 20.2 Å². The van der Waals surface area contributed by atoms with Crippen molar-refractivity contribution >= 4 is 0 Å². The molecule has 27 heavy (non-hydrogen) atoms. The fraction of sp³-hybridized carbons (Fsp3) is 0.0476. The molecule has 0 aliphatic rings. The van der Waals surface area contributed by atoms with E-state index in [1.54, 1.807) is 31.2 Å². The highest BCUT2D eigenvalue weighted by molar-refractivity contribution is 5.81. The van der Waals surface area contributed by atoms with E-state index >= 15 is 0 Å². The predicted octanol–water partition coefficient (Wildman–Crippen LogP) is 4.08. The van der Waals surface area contributed by atoms with Gasteiger partial charge in [0.25, 0.3) is 0 Å². The summed E-state index contributed by atoms with van der Waals surface area (Å²) in [6.45, 7) is 1.63. The number of rotatable bonds is 3. The second kappa shape index (κ2) is 6.49. The van der Waals surface area contributed by atoms with Crippen molar-refractivity contribution in [1.29, 1.82) is 0 Å². The zero-order valence-electron chi connectivity index (χ0n) is 14.4. The van der Waals surface area contributed by atoms with E-state index in [0.717, 1.165) is 5.56 Å². The van der Waals surface area contributed by atoms with Crippen LogP contribution in [0, 0.1) is 6.92 Å². The third-order valence-electron chi connectivity index (χ3n) is 4.18. The molecule has 0 saturated carbocycles. The monoisotopic (exact) mass is 360 g/mol. The van der Waals surface area contributed by atoms with Gasteiger partial charge in [-0.2, -0.15) is 0 Å². The molecule has 134 valence electrons. The first-order valence-corrected chi connectivity index (χ1v) is 8.32. The zero-order valence-corrected chi connectivity index (χ0v) is 14.4. The lowest BCUT2D eigenvalue weighted by atomic mass is 10.1. The molecule has 0 unspecified atom stereocenters. The van der Waals surface area contributed by atoms with E-state index in [1.165, 1.54) is 6.07 Å². The molecule has 2 heterocycles. The highest BCUT2D eigenvalue weighted by Crippen LogP contribution is 2.37. The molecule has 2 aromatic heterocycles. The van der Waals surface area contributed by atoms with Crippen LogP contribution in [0.25, 0.3) is 34.1 Å². The van der Waals surface area contributed by atoms with Gasteiger partial charge >= 0.3 is 0 Å². The van der Waals surface area contributed by atoms with Crippen LogP contribution in [0.1, 0.15) is 5.76 Å². The van der Waals surface area contributed by atoms with E-state index in [-0.39, 0.29) is 11.5 Å². The summed E-state index contributed by atoms with van der Waals surface area (Å²) in [5.74, 6) is 0.335. The number of benzene rings is 2. The minimum atomic E-state index is -0.536. The van der Waals surface area contributed by atoms with E-state index in [9.17, 15) is 15.0 Å². The van der Waals surface area contributed by atoms with E-state index in [4.69, 9.17) is 4.42 Å². The van der Waals surface area contributed by atoms with Crippen LogP contribution < -0.4 is 5.43 Å². The molecule has 3 N–H and O–H groups in total. The summed E-state index contributed by atoms with van der Waals surface area (Å²) >= 11 is 0. The van der Waals surface area contributed by atoms with Crippen molar-refractivity contribution in [2.45, 2.75) is 6.92 Å². The Kier molecular flexibility index (Phi) is 4.01. The topological polar surface area (TPSA) is 99.3 Å². The Balaban J connectivity index is 2.01. The third-order valence-corrected chi connectivity index (χ3v) is 4.18. The zero-order chi connectivity index (χ0) is 19.0. The first-order valence-electron chi connectivity index (χ1n) is 8.32. The molecule has 0 aliphatic heterocycles. The van der Waals surface area contributed by atoms with Crippen LogP contribution in [-0.2, 0) is 0 Å². The number of hydrogen-bond acceptors (Lipinski definition) is 5. The lowest BCUT2D eigenvalue weighted by molar-refractivity contribution is 0.429. The SMILES string of the molecule is Cc1cc(=O)c(O)c(-c2[nH]c(-c3ccccc3O)nc2-c2ccccc2)o1. The molecule has 0 bridgehead atoms. The van der Waals surface area contributed by atoms with Crippen molar-refractivity contribution in [1.82, 2.24) is 9.97 Å². The Morgan fingerprint density at radius 3 is 2.44 bits per heavy atom. The number of phenolic OH excluding ortho intramolecular Hbond substituents is 1. The van der Waals surface area contributed by atoms with Crippen LogP contribution in [0.15, 0.2) is 69.9 Å². The molecule has 0 saturated heterocycles. The van der Waals surface area contributed by atoms with Crippen LogP contribution in [0.3, 0.4) is 0 Å². The van der Waals surface area contributed by atoms with Gasteiger partial charge in [0, 0.05) is 11.6 Å². The molecular weight excluding hydrogens is 344 g/mol. The summed E-state index contributed by atoms with van der Waals surface area (Å²) in [6, 6.07) is 17.3. The van der Waals surface area contributed by atoms with Gasteiger partial charge in [0.05, 0.1) is 5.56 Å². The number of aromatic nitrogens is 2. The van der Waals surface area contributed by atoms with Crippen LogP contribution in [0.5, 0.6) is 11.5 Å². The minimum Gasteiger partial charge on any atom is -0.507 e. The molecule has 0 fully saturated rings. The predicted molar refractivity (Wildman–Crippen MR) is 101 cm³/mol. The van der Waals surface area contributed by atoms with Gasteiger partial charge in [0.1, 0.15) is 28.7 Å². The van der Waals surface area contributed by atoms with Crippen molar-refractivity contribution in [3.63, 3.8) is 0 Å². The van der Waals surface area contributed by atoms with Crippen molar-refractivity contribution < 1.29 is 14.6 Å². The first-order chi connectivity index (χ1) is 13.0. The van der Waals surface area contributed by atoms with Gasteiger partial charge in [-0.25, -0.2) is 4.98 Å². The lowest BCUT2D eigenvalue weighted by Crippen LogP contribution is -2.01. The quantitative estimate of drug-likeness (QED) is 0.511. The van der Waals surface area contributed by atoms with Gasteiger partial charge in [-0.15, -0.1) is 0 Å². The number of H-pyrrole nitrogens is 1. The van der Waals surface area contributed by atoms with Crippen molar-refractivity contribution in [3.8, 4) is 45.6 Å². The Bertz CT molecular complexity index is 1180. The van der Waals surface area contributed by atoms with E-state index in [2.05, 4.69) is 9.97 Å². The average molecular weight is 360 g/mol. The van der Waals surface area contributed by atoms with Crippen molar-refractivity contribution in [2.75, 3.05) is 0 Å². The van der Waals surface area contributed by atoms with Gasteiger partial charge < -0.3 is 19.6 Å². The number of aromatic amines is 1. The van der Waals surface area contributed by atoms with Gasteiger partial charge in [-0.3, -0.25) is 4.79 Å². The van der Waals surface area contributed by atoms with Gasteiger partial charge in [-0.05, 0) is 19.1 Å². The summed E-state index contributed by atoms with van der Waals surface area (Å²) in [7, 11) is 0. The van der Waals surface area contributed by atoms with Crippen molar-refractivity contribution in [2.24, 2.45) is 0 Å². The van der Waals surface area contributed by atoms with E-state index < -0.39 is 11.2 Å². The number of aromatic hydroxyl groups is 2. The summed E-state index contributed by atoms with van der Waals surface area (Å²) in [5, 5.41) is 20.4. The highest BCUT2D eigenvalue weighted by Gasteiger charge is 2.22. The molecule has 2 aromatic carbocycles. The molecular formula is C21H16N2O4. The van der Waals surface area contributed by atoms with Gasteiger partial charge in [0.15, 0.2) is 5.76 Å². The molecule has 0 spiro atoms. The highest BCUT2D eigenvalue weighted by atomic mass is 16.4. The molecule has 0 atom stereocenters. The lowest BCUT2D eigenvalue weighted by Gasteiger charge is -2.05. The Hall–Kier alpha value is -3.80. The molecule has 0 aliphatic carbocycles. The number of imidazole rings is 1. The fourth-order valence-corrected chi connectivity index (χ4v) is 2.92. The maximum Gasteiger partial charge on any atom is 0.227 e. The summed E-state index contributed by atoms with van der Waals surface area (Å²) in [6.07, 6.45) is 0. The maximum absolute atomic E-state index is 12.0. The second-order valence-corrected chi connectivity index (χ2v) is 6.09. The summed E-state index contributed by atoms with van der Waals surface area (Å²) < 4.78 is 5.63. The maximum atomic E-state index is 12.0. The summed E-state index contributed by atoms with van der Waals surface area (Å²) in [4.78, 5) is 19.7. The second-order valence-electron chi connectivity index (χ2n) is 6.09.